The quantitative estimate of drug-likeness (QED) is 0.661. The molecule has 0 radical (unpaired) electrons. The van der Waals surface area contributed by atoms with Crippen LogP contribution in [0.3, 0.4) is 0 Å². The Morgan fingerprint density at radius 3 is 2.43 bits per heavy atom. The average Bonchev–Trinajstić information content (AvgIpc) is 3.03. The second-order valence-corrected chi connectivity index (χ2v) is 5.80. The highest BCUT2D eigenvalue weighted by Gasteiger charge is 2.29. The second-order valence-electron chi connectivity index (χ2n) is 4.94. The van der Waals surface area contributed by atoms with E-state index in [2.05, 4.69) is 26.0 Å². The number of benzene rings is 1. The van der Waals surface area contributed by atoms with E-state index >= 15 is 0 Å². The average molecular weight is 382 g/mol. The van der Waals surface area contributed by atoms with Crippen molar-refractivity contribution in [2.45, 2.75) is 12.6 Å². The number of hydrogen-bond donors (Lipinski definition) is 0. The zero-order valence-electron chi connectivity index (χ0n) is 11.8. The molecule has 2 heterocycles. The van der Waals surface area contributed by atoms with Crippen molar-refractivity contribution < 1.29 is 13.2 Å². The van der Waals surface area contributed by atoms with Crippen molar-refractivity contribution in [1.82, 2.24) is 14.8 Å². The van der Waals surface area contributed by atoms with Crippen LogP contribution in [-0.4, -0.2) is 14.8 Å². The van der Waals surface area contributed by atoms with Gasteiger partial charge in [-0.05, 0) is 45.3 Å². The molecule has 2 aromatic heterocycles. The number of pyridine rings is 1. The highest BCUT2D eigenvalue weighted by atomic mass is 79.9. The molecule has 0 aliphatic rings. The molecule has 118 valence electrons. The predicted octanol–water partition coefficient (Wildman–Crippen LogP) is 4.64. The van der Waals surface area contributed by atoms with Crippen LogP contribution in [-0.2, 0) is 12.6 Å². The maximum Gasteiger partial charge on any atom is 0.416 e. The van der Waals surface area contributed by atoms with E-state index in [9.17, 15) is 13.2 Å². The molecule has 1 aromatic carbocycles. The van der Waals surface area contributed by atoms with Crippen LogP contribution in [0, 0.1) is 0 Å². The van der Waals surface area contributed by atoms with Crippen LogP contribution in [0.5, 0.6) is 0 Å². The third-order valence-corrected chi connectivity index (χ3v) is 4.08. The van der Waals surface area contributed by atoms with Crippen molar-refractivity contribution in [2.24, 2.45) is 0 Å². The van der Waals surface area contributed by atoms with Gasteiger partial charge in [-0.3, -0.25) is 4.98 Å². The molecule has 0 aliphatic heterocycles. The lowest BCUT2D eigenvalue weighted by Crippen LogP contribution is -2.05. The Labute approximate surface area is 138 Å². The van der Waals surface area contributed by atoms with Gasteiger partial charge in [0, 0.05) is 29.5 Å². The number of rotatable bonds is 3. The Kier molecular flexibility index (Phi) is 4.21. The predicted molar refractivity (Wildman–Crippen MR) is 83.3 cm³/mol. The Hall–Kier alpha value is -2.15. The van der Waals surface area contributed by atoms with Gasteiger partial charge in [-0.1, -0.05) is 12.1 Å². The first-order valence-electron chi connectivity index (χ1n) is 6.73. The Balaban J connectivity index is 1.94. The first kappa shape index (κ1) is 15.7. The maximum atomic E-state index is 12.6. The van der Waals surface area contributed by atoms with Crippen molar-refractivity contribution in [3.05, 3.63) is 76.3 Å². The normalized spacial score (nSPS) is 11.7. The topological polar surface area (TPSA) is 30.7 Å². The largest absolute Gasteiger partial charge is 0.416 e. The van der Waals surface area contributed by atoms with Crippen LogP contribution in [0.25, 0.3) is 5.69 Å². The van der Waals surface area contributed by atoms with Crippen molar-refractivity contribution >= 4 is 15.9 Å². The summed E-state index contributed by atoms with van der Waals surface area (Å²) in [5, 5.41) is 4.18. The highest BCUT2D eigenvalue weighted by Crippen LogP contribution is 2.30. The van der Waals surface area contributed by atoms with Crippen LogP contribution in [0.1, 0.15) is 16.7 Å². The molecule has 3 aromatic rings. The summed E-state index contributed by atoms with van der Waals surface area (Å²) < 4.78 is 40.4. The summed E-state index contributed by atoms with van der Waals surface area (Å²) >= 11 is 3.45. The SMILES string of the molecule is FC(F)(F)c1ccc(Cc2c(Br)cncc2-n2cccn2)cc1. The van der Waals surface area contributed by atoms with Crippen LogP contribution in [0.4, 0.5) is 13.2 Å². The molecule has 0 saturated carbocycles. The monoisotopic (exact) mass is 381 g/mol. The summed E-state index contributed by atoms with van der Waals surface area (Å²) in [6.45, 7) is 0. The van der Waals surface area contributed by atoms with Gasteiger partial charge in [0.1, 0.15) is 0 Å². The Morgan fingerprint density at radius 2 is 1.83 bits per heavy atom. The summed E-state index contributed by atoms with van der Waals surface area (Å²) in [5.74, 6) is 0. The van der Waals surface area contributed by atoms with Crippen molar-refractivity contribution in [3.63, 3.8) is 0 Å². The molecule has 0 fully saturated rings. The Morgan fingerprint density at radius 1 is 1.09 bits per heavy atom. The third kappa shape index (κ3) is 3.44. The van der Waals surface area contributed by atoms with Crippen molar-refractivity contribution in [2.75, 3.05) is 0 Å². The number of halogens is 4. The van der Waals surface area contributed by atoms with Crippen LogP contribution >= 0.6 is 15.9 Å². The van der Waals surface area contributed by atoms with Gasteiger partial charge in [0.25, 0.3) is 0 Å². The summed E-state index contributed by atoms with van der Waals surface area (Å²) in [6, 6.07) is 6.96. The molecule has 0 amide bonds. The van der Waals surface area contributed by atoms with Crippen LogP contribution in [0.2, 0.25) is 0 Å². The molecule has 0 N–H and O–H groups in total. The van der Waals surface area contributed by atoms with Crippen molar-refractivity contribution in [1.29, 1.82) is 0 Å². The van der Waals surface area contributed by atoms with Gasteiger partial charge in [-0.25, -0.2) is 4.68 Å². The zero-order chi connectivity index (χ0) is 16.4. The fourth-order valence-electron chi connectivity index (χ4n) is 2.25. The van der Waals surface area contributed by atoms with E-state index < -0.39 is 11.7 Å². The van der Waals surface area contributed by atoms with Crippen LogP contribution in [0.15, 0.2) is 59.6 Å². The fourth-order valence-corrected chi connectivity index (χ4v) is 2.71. The minimum atomic E-state index is -4.32. The molecule has 3 nitrogen and oxygen atoms in total. The van der Waals surface area contributed by atoms with E-state index in [-0.39, 0.29) is 0 Å². The lowest BCUT2D eigenvalue weighted by atomic mass is 10.0. The van der Waals surface area contributed by atoms with Gasteiger partial charge in [0.2, 0.25) is 0 Å². The van der Waals surface area contributed by atoms with Gasteiger partial charge in [0.05, 0.1) is 17.4 Å². The molecule has 0 atom stereocenters. The number of nitrogens with zero attached hydrogens (tertiary/aromatic N) is 3. The lowest BCUT2D eigenvalue weighted by molar-refractivity contribution is -0.137. The molecule has 7 heteroatoms. The van der Waals surface area contributed by atoms with E-state index in [0.717, 1.165) is 33.4 Å². The number of aromatic nitrogens is 3. The standard InChI is InChI=1S/C16H11BrF3N3/c17-14-9-21-10-15(23-7-1-6-22-23)13(14)8-11-2-4-12(5-3-11)16(18,19)20/h1-7,9-10H,8H2. The van der Waals surface area contributed by atoms with E-state index in [1.165, 1.54) is 12.1 Å². The summed E-state index contributed by atoms with van der Waals surface area (Å²) in [4.78, 5) is 4.13. The van der Waals surface area contributed by atoms with Gasteiger partial charge in [-0.15, -0.1) is 0 Å². The lowest BCUT2D eigenvalue weighted by Gasteiger charge is -2.12. The van der Waals surface area contributed by atoms with Gasteiger partial charge in [0.15, 0.2) is 0 Å². The molecular weight excluding hydrogens is 371 g/mol. The van der Waals surface area contributed by atoms with Crippen LogP contribution < -0.4 is 0 Å². The third-order valence-electron chi connectivity index (χ3n) is 3.40. The second kappa shape index (κ2) is 6.16. The minimum absolute atomic E-state index is 0.469. The van der Waals surface area contributed by atoms with Crippen molar-refractivity contribution in [3.8, 4) is 5.69 Å². The van der Waals surface area contributed by atoms with Gasteiger partial charge in [-0.2, -0.15) is 18.3 Å². The molecule has 0 unspecified atom stereocenters. The number of alkyl halides is 3. The smallest absolute Gasteiger partial charge is 0.261 e. The van der Waals surface area contributed by atoms with E-state index in [1.54, 1.807) is 35.5 Å². The highest BCUT2D eigenvalue weighted by molar-refractivity contribution is 9.10. The maximum absolute atomic E-state index is 12.6. The summed E-state index contributed by atoms with van der Waals surface area (Å²) in [6.07, 6.45) is 2.93. The Bertz CT molecular complexity index is 796. The summed E-state index contributed by atoms with van der Waals surface area (Å²) in [7, 11) is 0. The molecule has 23 heavy (non-hydrogen) atoms. The molecule has 3 rings (SSSR count). The van der Waals surface area contributed by atoms with E-state index in [0.29, 0.717) is 6.42 Å². The first-order chi connectivity index (χ1) is 10.9. The van der Waals surface area contributed by atoms with E-state index in [1.807, 2.05) is 0 Å². The molecule has 0 aliphatic carbocycles. The van der Waals surface area contributed by atoms with Gasteiger partial charge < -0.3 is 0 Å². The minimum Gasteiger partial charge on any atom is -0.261 e. The fraction of sp³-hybridized carbons (Fsp3) is 0.125. The molecule has 0 spiro atoms. The zero-order valence-corrected chi connectivity index (χ0v) is 13.3. The molecule has 0 bridgehead atoms. The number of hydrogen-bond acceptors (Lipinski definition) is 2. The van der Waals surface area contributed by atoms with Gasteiger partial charge >= 0.3 is 6.18 Å². The summed E-state index contributed by atoms with van der Waals surface area (Å²) in [5.41, 5.74) is 1.81. The first-order valence-corrected chi connectivity index (χ1v) is 7.53. The van der Waals surface area contributed by atoms with E-state index in [4.69, 9.17) is 0 Å². The molecule has 0 saturated heterocycles. The molecular formula is C16H11BrF3N3.